The molecule has 1 aliphatic heterocycles. The Morgan fingerprint density at radius 2 is 1.93 bits per heavy atom. The zero-order valence-corrected chi connectivity index (χ0v) is 16.6. The average molecular weight is 384 g/mol. The lowest BCUT2D eigenvalue weighted by molar-refractivity contribution is -0.118. The van der Waals surface area contributed by atoms with Crippen molar-refractivity contribution in [2.24, 2.45) is 0 Å². The summed E-state index contributed by atoms with van der Waals surface area (Å²) in [5.74, 6) is 2.37. The number of nitrogens with one attached hydrogen (secondary N) is 1. The minimum atomic E-state index is 0.122. The molecule has 0 aromatic heterocycles. The van der Waals surface area contributed by atoms with Crippen LogP contribution >= 0.6 is 0 Å². The van der Waals surface area contributed by atoms with Gasteiger partial charge in [0.1, 0.15) is 5.75 Å². The van der Waals surface area contributed by atoms with E-state index in [4.69, 9.17) is 14.2 Å². The third-order valence-electron chi connectivity index (χ3n) is 4.79. The van der Waals surface area contributed by atoms with Gasteiger partial charge in [-0.05, 0) is 49.2 Å². The van der Waals surface area contributed by atoms with Crippen molar-refractivity contribution in [1.29, 1.82) is 0 Å². The van der Waals surface area contributed by atoms with Gasteiger partial charge in [-0.2, -0.15) is 0 Å². The normalized spacial score (nSPS) is 13.3. The molecular weight excluding hydrogens is 356 g/mol. The first-order valence-corrected chi connectivity index (χ1v) is 9.66. The van der Waals surface area contributed by atoms with Crippen LogP contribution in [0.25, 0.3) is 0 Å². The van der Waals surface area contributed by atoms with Crippen molar-refractivity contribution in [1.82, 2.24) is 5.32 Å². The van der Waals surface area contributed by atoms with Gasteiger partial charge in [0.15, 0.2) is 11.5 Å². The summed E-state index contributed by atoms with van der Waals surface area (Å²) >= 11 is 0. The van der Waals surface area contributed by atoms with Gasteiger partial charge in [0.25, 0.3) is 0 Å². The molecule has 28 heavy (non-hydrogen) atoms. The number of ether oxygens (including phenoxy) is 3. The van der Waals surface area contributed by atoms with Gasteiger partial charge < -0.3 is 24.4 Å². The summed E-state index contributed by atoms with van der Waals surface area (Å²) in [7, 11) is 3.27. The van der Waals surface area contributed by atoms with Crippen LogP contribution in [0.4, 0.5) is 5.69 Å². The van der Waals surface area contributed by atoms with Crippen LogP contribution in [0.3, 0.4) is 0 Å². The molecule has 6 nitrogen and oxygen atoms in total. The van der Waals surface area contributed by atoms with Crippen molar-refractivity contribution in [3.05, 3.63) is 48.0 Å². The van der Waals surface area contributed by atoms with Gasteiger partial charge >= 0.3 is 0 Å². The first kappa shape index (κ1) is 20.0. The molecule has 0 saturated heterocycles. The van der Waals surface area contributed by atoms with Crippen LogP contribution in [0.2, 0.25) is 0 Å². The third-order valence-corrected chi connectivity index (χ3v) is 4.79. The topological polar surface area (TPSA) is 60.0 Å². The van der Waals surface area contributed by atoms with Gasteiger partial charge in [-0.25, -0.2) is 0 Å². The van der Waals surface area contributed by atoms with E-state index in [0.29, 0.717) is 26.1 Å². The van der Waals surface area contributed by atoms with Crippen molar-refractivity contribution >= 4 is 11.6 Å². The molecule has 0 aliphatic carbocycles. The Hall–Kier alpha value is -2.73. The number of hydrogen-bond acceptors (Lipinski definition) is 5. The van der Waals surface area contributed by atoms with Gasteiger partial charge in [-0.3, -0.25) is 4.79 Å². The summed E-state index contributed by atoms with van der Waals surface area (Å²) in [6.07, 6.45) is 2.16. The molecule has 0 fully saturated rings. The number of fused-ring (bicyclic) bond motifs is 1. The minimum absolute atomic E-state index is 0.122. The van der Waals surface area contributed by atoms with E-state index in [-0.39, 0.29) is 5.91 Å². The number of nitrogens with zero attached hydrogens (tertiary/aromatic N) is 1. The zero-order chi connectivity index (χ0) is 19.8. The van der Waals surface area contributed by atoms with E-state index in [1.165, 1.54) is 0 Å². The molecule has 0 spiro atoms. The molecular formula is C22H28N2O4. The van der Waals surface area contributed by atoms with Crippen LogP contribution < -0.4 is 24.4 Å². The second-order valence-corrected chi connectivity index (χ2v) is 6.65. The second kappa shape index (κ2) is 9.99. The van der Waals surface area contributed by atoms with E-state index in [1.54, 1.807) is 14.2 Å². The van der Waals surface area contributed by atoms with Crippen LogP contribution in [0.5, 0.6) is 17.2 Å². The molecule has 6 heteroatoms. The van der Waals surface area contributed by atoms with Crippen LogP contribution in [-0.4, -0.2) is 46.4 Å². The number of carbonyl (C=O) groups is 1. The standard InChI is InChI=1S/C22H28N2O4/c1-26-20-9-8-17(16-21(20)27-2)10-12-23-13-11-22(25)24-14-5-15-28-19-7-4-3-6-18(19)24/h3-4,6-9,16,23H,5,10-15H2,1-2H3. The Labute approximate surface area is 166 Å². The number of rotatable bonds is 8. The molecule has 1 aliphatic rings. The lowest BCUT2D eigenvalue weighted by Crippen LogP contribution is -2.34. The number of benzene rings is 2. The lowest BCUT2D eigenvalue weighted by atomic mass is 10.1. The number of amides is 1. The van der Waals surface area contributed by atoms with Gasteiger partial charge in [0.2, 0.25) is 5.91 Å². The van der Waals surface area contributed by atoms with Gasteiger partial charge in [-0.1, -0.05) is 18.2 Å². The maximum Gasteiger partial charge on any atom is 0.228 e. The van der Waals surface area contributed by atoms with E-state index >= 15 is 0 Å². The van der Waals surface area contributed by atoms with Crippen LogP contribution in [0.15, 0.2) is 42.5 Å². The summed E-state index contributed by atoms with van der Waals surface area (Å²) < 4.78 is 16.3. The molecule has 2 aromatic rings. The van der Waals surface area contributed by atoms with Crippen molar-refractivity contribution < 1.29 is 19.0 Å². The molecule has 0 unspecified atom stereocenters. The summed E-state index contributed by atoms with van der Waals surface area (Å²) in [4.78, 5) is 14.5. The van der Waals surface area contributed by atoms with E-state index in [2.05, 4.69) is 5.32 Å². The van der Waals surface area contributed by atoms with Gasteiger partial charge in [0.05, 0.1) is 26.5 Å². The fraction of sp³-hybridized carbons (Fsp3) is 0.409. The molecule has 150 valence electrons. The van der Waals surface area contributed by atoms with Crippen molar-refractivity contribution in [3.8, 4) is 17.2 Å². The monoisotopic (exact) mass is 384 g/mol. The highest BCUT2D eigenvalue weighted by Gasteiger charge is 2.21. The van der Waals surface area contributed by atoms with E-state index < -0.39 is 0 Å². The van der Waals surface area contributed by atoms with E-state index in [9.17, 15) is 4.79 Å². The molecule has 3 rings (SSSR count). The van der Waals surface area contributed by atoms with Crippen LogP contribution in [-0.2, 0) is 11.2 Å². The second-order valence-electron chi connectivity index (χ2n) is 6.65. The molecule has 0 radical (unpaired) electrons. The number of hydrogen-bond donors (Lipinski definition) is 1. The molecule has 0 bridgehead atoms. The fourth-order valence-corrected chi connectivity index (χ4v) is 3.31. The van der Waals surface area contributed by atoms with Crippen molar-refractivity contribution in [3.63, 3.8) is 0 Å². The first-order valence-electron chi connectivity index (χ1n) is 9.66. The lowest BCUT2D eigenvalue weighted by Gasteiger charge is -2.21. The Bertz CT molecular complexity index is 794. The fourth-order valence-electron chi connectivity index (χ4n) is 3.31. The van der Waals surface area contributed by atoms with Crippen molar-refractivity contribution in [2.75, 3.05) is 45.4 Å². The zero-order valence-electron chi connectivity index (χ0n) is 16.6. The molecule has 0 atom stereocenters. The summed E-state index contributed by atoms with van der Waals surface area (Å²) in [5.41, 5.74) is 2.03. The highest BCUT2D eigenvalue weighted by molar-refractivity contribution is 5.95. The number of methoxy groups -OCH3 is 2. The summed E-state index contributed by atoms with van der Waals surface area (Å²) in [5, 5.41) is 3.36. The van der Waals surface area contributed by atoms with E-state index in [0.717, 1.165) is 47.9 Å². The number of anilines is 1. The van der Waals surface area contributed by atoms with E-state index in [1.807, 2.05) is 47.4 Å². The molecule has 2 aromatic carbocycles. The largest absolute Gasteiger partial charge is 0.493 e. The quantitative estimate of drug-likeness (QED) is 0.709. The molecule has 1 N–H and O–H groups in total. The van der Waals surface area contributed by atoms with Gasteiger partial charge in [0, 0.05) is 19.5 Å². The molecule has 0 saturated carbocycles. The van der Waals surface area contributed by atoms with Crippen LogP contribution in [0.1, 0.15) is 18.4 Å². The van der Waals surface area contributed by atoms with Gasteiger partial charge in [-0.15, -0.1) is 0 Å². The minimum Gasteiger partial charge on any atom is -0.493 e. The number of carbonyl (C=O) groups excluding carboxylic acids is 1. The Kier molecular flexibility index (Phi) is 7.14. The summed E-state index contributed by atoms with van der Waals surface area (Å²) in [6.45, 7) is 2.78. The number of para-hydroxylation sites is 2. The Balaban J connectivity index is 1.46. The first-order chi connectivity index (χ1) is 13.7. The SMILES string of the molecule is COc1ccc(CCNCCC(=O)N2CCCOc3ccccc32)cc1OC. The smallest absolute Gasteiger partial charge is 0.228 e. The maximum absolute atomic E-state index is 12.7. The highest BCUT2D eigenvalue weighted by atomic mass is 16.5. The predicted octanol–water partition coefficient (Wildman–Crippen LogP) is 3.04. The average Bonchev–Trinajstić information content (AvgIpc) is 2.95. The summed E-state index contributed by atoms with van der Waals surface area (Å²) in [6, 6.07) is 13.7. The predicted molar refractivity (Wildman–Crippen MR) is 110 cm³/mol. The maximum atomic E-state index is 12.7. The molecule has 1 heterocycles. The Morgan fingerprint density at radius 1 is 1.11 bits per heavy atom. The van der Waals surface area contributed by atoms with Crippen molar-refractivity contribution in [2.45, 2.75) is 19.3 Å². The highest BCUT2D eigenvalue weighted by Crippen LogP contribution is 2.31. The third kappa shape index (κ3) is 4.95. The van der Waals surface area contributed by atoms with Crippen LogP contribution in [0, 0.1) is 0 Å². The molecule has 1 amide bonds. The Morgan fingerprint density at radius 3 is 2.75 bits per heavy atom.